The third-order valence-electron chi connectivity index (χ3n) is 6.24. The first-order valence-corrected chi connectivity index (χ1v) is 10.7. The molecule has 0 radical (unpaired) electrons. The van der Waals surface area contributed by atoms with Gasteiger partial charge in [0.15, 0.2) is 11.5 Å². The number of nitrogens with zero attached hydrogens (tertiary/aromatic N) is 1. The van der Waals surface area contributed by atoms with Gasteiger partial charge in [0, 0.05) is 30.4 Å². The topological polar surface area (TPSA) is 72.5 Å². The van der Waals surface area contributed by atoms with E-state index in [9.17, 15) is 4.79 Å². The van der Waals surface area contributed by atoms with Gasteiger partial charge in [-0.25, -0.2) is 0 Å². The van der Waals surface area contributed by atoms with Crippen molar-refractivity contribution in [3.05, 3.63) is 89.9 Å². The number of ketones is 1. The van der Waals surface area contributed by atoms with E-state index < -0.39 is 0 Å². The molecule has 2 aliphatic rings. The fraction of sp³-hybridized carbons (Fsp3) is 0.231. The van der Waals surface area contributed by atoms with Crippen LogP contribution in [0.25, 0.3) is 0 Å². The van der Waals surface area contributed by atoms with Crippen LogP contribution in [0.2, 0.25) is 0 Å². The number of carbonyl (C=O) groups is 1. The smallest absolute Gasteiger partial charge is 0.161 e. The highest BCUT2D eigenvalue weighted by Crippen LogP contribution is 2.45. The highest BCUT2D eigenvalue weighted by atomic mass is 16.5. The van der Waals surface area contributed by atoms with Crippen LogP contribution in [0.3, 0.4) is 0 Å². The van der Waals surface area contributed by atoms with E-state index in [0.29, 0.717) is 17.9 Å². The number of Topliss-reactive ketones (excluding diaryl/α,β-unsaturated/α-hetero) is 1. The molecule has 3 aromatic rings. The van der Waals surface area contributed by atoms with Crippen molar-refractivity contribution in [2.75, 3.05) is 24.9 Å². The second-order valence-electron chi connectivity index (χ2n) is 8.06. The largest absolute Gasteiger partial charge is 0.493 e. The number of fused-ring (bicyclic) bond motifs is 2. The minimum atomic E-state index is -0.318. The van der Waals surface area contributed by atoms with Gasteiger partial charge in [-0.15, -0.1) is 0 Å². The molecule has 0 saturated heterocycles. The number of nitrogens with one attached hydrogen (secondary N) is 2. The standard InChI is InChI=1S/C26H25N3O3/c1-31-23-8-7-17(15-24(23)32-2)18-13-21-25(22(30)14-18)26(16-9-11-27-12-10-16)29-20-6-4-3-5-19(20)28-21/h3-13,15,18,25-26,28-29H,14H2,1-2H3. The molecular weight excluding hydrogens is 402 g/mol. The SMILES string of the molecule is COc1ccc(C2C=C3Nc4ccccc4NC(c4ccncc4)C3C(=O)C2)cc1OC. The fourth-order valence-electron chi connectivity index (χ4n) is 4.65. The maximum atomic E-state index is 13.6. The number of pyridine rings is 1. The van der Waals surface area contributed by atoms with Crippen LogP contribution in [0.1, 0.15) is 29.5 Å². The lowest BCUT2D eigenvalue weighted by Gasteiger charge is -2.32. The van der Waals surface area contributed by atoms with Crippen LogP contribution in [0.4, 0.5) is 11.4 Å². The Morgan fingerprint density at radius 3 is 2.41 bits per heavy atom. The van der Waals surface area contributed by atoms with Crippen LogP contribution in [0.15, 0.2) is 78.8 Å². The summed E-state index contributed by atoms with van der Waals surface area (Å²) < 4.78 is 10.9. The fourth-order valence-corrected chi connectivity index (χ4v) is 4.65. The number of ether oxygens (including phenoxy) is 2. The third kappa shape index (κ3) is 3.58. The van der Waals surface area contributed by atoms with Gasteiger partial charge in [-0.1, -0.05) is 24.3 Å². The van der Waals surface area contributed by atoms with Crippen molar-refractivity contribution in [2.45, 2.75) is 18.4 Å². The summed E-state index contributed by atoms with van der Waals surface area (Å²) in [6.45, 7) is 0. The van der Waals surface area contributed by atoms with Crippen LogP contribution >= 0.6 is 0 Å². The Morgan fingerprint density at radius 1 is 0.906 bits per heavy atom. The van der Waals surface area contributed by atoms with Crippen molar-refractivity contribution in [3.8, 4) is 11.5 Å². The molecule has 6 heteroatoms. The summed E-state index contributed by atoms with van der Waals surface area (Å²) in [6, 6.07) is 17.6. The summed E-state index contributed by atoms with van der Waals surface area (Å²) in [5, 5.41) is 7.15. The van der Waals surface area contributed by atoms with E-state index in [0.717, 1.165) is 28.2 Å². The van der Waals surface area contributed by atoms with Crippen LogP contribution in [-0.4, -0.2) is 25.0 Å². The van der Waals surface area contributed by atoms with Gasteiger partial charge in [0.1, 0.15) is 5.78 Å². The van der Waals surface area contributed by atoms with E-state index in [1.165, 1.54) is 0 Å². The first kappa shape index (κ1) is 20.1. The maximum absolute atomic E-state index is 13.6. The van der Waals surface area contributed by atoms with Gasteiger partial charge < -0.3 is 20.1 Å². The summed E-state index contributed by atoms with van der Waals surface area (Å²) in [4.78, 5) is 17.7. The van der Waals surface area contributed by atoms with Gasteiger partial charge in [-0.05, 0) is 47.5 Å². The Hall–Kier alpha value is -3.80. The Morgan fingerprint density at radius 2 is 1.66 bits per heavy atom. The molecule has 6 nitrogen and oxygen atoms in total. The number of rotatable bonds is 4. The molecule has 0 amide bonds. The van der Waals surface area contributed by atoms with E-state index in [-0.39, 0.29) is 23.7 Å². The number of hydrogen-bond acceptors (Lipinski definition) is 6. The molecule has 0 fully saturated rings. The minimum absolute atomic E-state index is 0.0515. The quantitative estimate of drug-likeness (QED) is 0.615. The van der Waals surface area contributed by atoms with Crippen LogP contribution < -0.4 is 20.1 Å². The van der Waals surface area contributed by atoms with Crippen molar-refractivity contribution in [1.82, 2.24) is 4.98 Å². The third-order valence-corrected chi connectivity index (χ3v) is 6.24. The normalized spacial score (nSPS) is 21.8. The number of para-hydroxylation sites is 2. The molecule has 3 unspecified atom stereocenters. The first-order chi connectivity index (χ1) is 15.7. The number of carbonyl (C=O) groups excluding carboxylic acids is 1. The summed E-state index contributed by atoms with van der Waals surface area (Å²) in [5.41, 5.74) is 4.91. The van der Waals surface area contributed by atoms with Crippen molar-refractivity contribution in [2.24, 2.45) is 5.92 Å². The molecular formula is C26H25N3O3. The number of allylic oxidation sites excluding steroid dienone is 1. The number of hydrogen-bond donors (Lipinski definition) is 2. The lowest BCUT2D eigenvalue weighted by Crippen LogP contribution is -2.33. The van der Waals surface area contributed by atoms with Crippen LogP contribution in [0, 0.1) is 5.92 Å². The minimum Gasteiger partial charge on any atom is -0.493 e. The monoisotopic (exact) mass is 427 g/mol. The zero-order valence-corrected chi connectivity index (χ0v) is 18.0. The van der Waals surface area contributed by atoms with Gasteiger partial charge in [0.25, 0.3) is 0 Å². The van der Waals surface area contributed by atoms with E-state index in [2.05, 4.69) is 21.7 Å². The summed E-state index contributed by atoms with van der Waals surface area (Å²) in [7, 11) is 3.24. The van der Waals surface area contributed by atoms with E-state index in [1.54, 1.807) is 26.6 Å². The Labute approximate surface area is 187 Å². The van der Waals surface area contributed by atoms with Crippen molar-refractivity contribution < 1.29 is 14.3 Å². The predicted molar refractivity (Wildman–Crippen MR) is 124 cm³/mol. The van der Waals surface area contributed by atoms with E-state index in [4.69, 9.17) is 9.47 Å². The maximum Gasteiger partial charge on any atom is 0.161 e. The molecule has 0 saturated carbocycles. The number of aromatic nitrogens is 1. The van der Waals surface area contributed by atoms with Crippen LogP contribution in [-0.2, 0) is 4.79 Å². The zero-order valence-electron chi connectivity index (χ0n) is 18.0. The molecule has 1 aromatic heterocycles. The molecule has 32 heavy (non-hydrogen) atoms. The Bertz CT molecular complexity index is 1180. The zero-order chi connectivity index (χ0) is 22.1. The molecule has 1 aliphatic carbocycles. The molecule has 2 heterocycles. The molecule has 5 rings (SSSR count). The van der Waals surface area contributed by atoms with E-state index >= 15 is 0 Å². The van der Waals surface area contributed by atoms with Crippen molar-refractivity contribution >= 4 is 17.2 Å². The highest BCUT2D eigenvalue weighted by Gasteiger charge is 2.39. The average molecular weight is 428 g/mol. The Balaban J connectivity index is 1.59. The highest BCUT2D eigenvalue weighted by molar-refractivity contribution is 5.90. The van der Waals surface area contributed by atoms with E-state index in [1.807, 2.05) is 54.6 Å². The number of benzene rings is 2. The Kier molecular flexibility index (Phi) is 5.27. The van der Waals surface area contributed by atoms with Gasteiger partial charge in [-0.2, -0.15) is 0 Å². The second-order valence-corrected chi connectivity index (χ2v) is 8.06. The molecule has 0 spiro atoms. The van der Waals surface area contributed by atoms with Gasteiger partial charge in [0.2, 0.25) is 0 Å². The van der Waals surface area contributed by atoms with Gasteiger partial charge in [0.05, 0.1) is 37.6 Å². The van der Waals surface area contributed by atoms with Crippen molar-refractivity contribution in [1.29, 1.82) is 0 Å². The van der Waals surface area contributed by atoms with Crippen LogP contribution in [0.5, 0.6) is 11.5 Å². The predicted octanol–water partition coefficient (Wildman–Crippen LogP) is 4.93. The van der Waals surface area contributed by atoms with Gasteiger partial charge in [-0.3, -0.25) is 9.78 Å². The first-order valence-electron chi connectivity index (χ1n) is 10.7. The molecule has 3 atom stereocenters. The molecule has 1 aliphatic heterocycles. The lowest BCUT2D eigenvalue weighted by molar-refractivity contribution is -0.122. The summed E-state index contributed by atoms with van der Waals surface area (Å²) in [6.07, 6.45) is 6.14. The molecule has 0 bridgehead atoms. The second kappa shape index (κ2) is 8.38. The molecule has 2 N–H and O–H groups in total. The molecule has 162 valence electrons. The summed E-state index contributed by atoms with van der Waals surface area (Å²) in [5.74, 6) is 1.16. The van der Waals surface area contributed by atoms with Crippen molar-refractivity contribution in [3.63, 3.8) is 0 Å². The summed E-state index contributed by atoms with van der Waals surface area (Å²) >= 11 is 0. The number of anilines is 2. The average Bonchev–Trinajstić information content (AvgIpc) is 3.01. The van der Waals surface area contributed by atoms with Gasteiger partial charge >= 0.3 is 0 Å². The lowest BCUT2D eigenvalue weighted by atomic mass is 9.76. The number of methoxy groups -OCH3 is 2. The molecule has 2 aromatic carbocycles.